The minimum Gasteiger partial charge on any atom is -0.367 e. The van der Waals surface area contributed by atoms with Gasteiger partial charge in [-0.1, -0.05) is 20.8 Å². The third kappa shape index (κ3) is 3.05. The molecule has 100 valence electrons. The monoisotopic (exact) mass is 257 g/mol. The van der Waals surface area contributed by atoms with E-state index < -0.39 is 0 Å². The molecule has 1 fully saturated rings. The lowest BCUT2D eigenvalue weighted by Gasteiger charge is -2.42. The van der Waals surface area contributed by atoms with Crippen molar-refractivity contribution in [2.45, 2.75) is 26.8 Å². The molecule has 4 heteroatoms. The molecule has 0 spiro atoms. The van der Waals surface area contributed by atoms with Crippen LogP contribution in [0.4, 0.5) is 5.69 Å². The van der Waals surface area contributed by atoms with Crippen LogP contribution in [0.5, 0.6) is 0 Å². The zero-order chi connectivity index (χ0) is 14.0. The summed E-state index contributed by atoms with van der Waals surface area (Å²) >= 11 is 0. The van der Waals surface area contributed by atoms with Crippen LogP contribution in [0, 0.1) is 16.7 Å². The second-order valence-electron chi connectivity index (χ2n) is 5.98. The van der Waals surface area contributed by atoms with Crippen LogP contribution in [0.15, 0.2) is 24.3 Å². The number of anilines is 1. The summed E-state index contributed by atoms with van der Waals surface area (Å²) in [6, 6.07) is 9.85. The Morgan fingerprint density at radius 3 is 2.37 bits per heavy atom. The summed E-state index contributed by atoms with van der Waals surface area (Å²) in [5, 5.41) is 11.8. The van der Waals surface area contributed by atoms with Gasteiger partial charge in [0.1, 0.15) is 0 Å². The van der Waals surface area contributed by atoms with Crippen LogP contribution in [0.2, 0.25) is 0 Å². The number of hydrogen-bond acceptors (Lipinski definition) is 3. The van der Waals surface area contributed by atoms with Crippen molar-refractivity contribution in [3.05, 3.63) is 29.8 Å². The van der Waals surface area contributed by atoms with Gasteiger partial charge in [-0.2, -0.15) is 5.26 Å². The molecule has 1 aromatic rings. The molecule has 1 heterocycles. The van der Waals surface area contributed by atoms with Crippen molar-refractivity contribution in [2.24, 2.45) is 5.41 Å². The van der Waals surface area contributed by atoms with Gasteiger partial charge in [0.05, 0.1) is 17.7 Å². The van der Waals surface area contributed by atoms with Crippen molar-refractivity contribution in [2.75, 3.05) is 18.0 Å². The Balaban J connectivity index is 1.86. The van der Waals surface area contributed by atoms with Gasteiger partial charge in [-0.3, -0.25) is 4.79 Å². The van der Waals surface area contributed by atoms with Crippen LogP contribution in [0.1, 0.15) is 26.3 Å². The molecule has 0 aromatic heterocycles. The first-order chi connectivity index (χ1) is 8.90. The van der Waals surface area contributed by atoms with Crippen LogP contribution >= 0.6 is 0 Å². The number of hydrogen-bond donors (Lipinski definition) is 1. The number of carbonyl (C=O) groups is 1. The molecule has 1 aromatic carbocycles. The van der Waals surface area contributed by atoms with E-state index in [2.05, 4.69) is 16.3 Å². The molecule has 0 unspecified atom stereocenters. The lowest BCUT2D eigenvalue weighted by Crippen LogP contribution is -2.60. The fourth-order valence-corrected chi connectivity index (χ4v) is 1.93. The van der Waals surface area contributed by atoms with Crippen molar-refractivity contribution in [1.82, 2.24) is 5.32 Å². The summed E-state index contributed by atoms with van der Waals surface area (Å²) in [7, 11) is 0. The van der Waals surface area contributed by atoms with Crippen LogP contribution in [-0.2, 0) is 4.79 Å². The van der Waals surface area contributed by atoms with E-state index in [0.29, 0.717) is 5.56 Å². The Kier molecular flexibility index (Phi) is 3.48. The first-order valence-electron chi connectivity index (χ1n) is 6.46. The lowest BCUT2D eigenvalue weighted by atomic mass is 9.94. The number of nitrogens with one attached hydrogen (secondary N) is 1. The molecule has 0 saturated carbocycles. The van der Waals surface area contributed by atoms with Crippen LogP contribution in [0.25, 0.3) is 0 Å². The maximum absolute atomic E-state index is 11.8. The largest absolute Gasteiger partial charge is 0.367 e. The van der Waals surface area contributed by atoms with Gasteiger partial charge in [0.25, 0.3) is 0 Å². The number of nitriles is 1. The molecule has 1 saturated heterocycles. The van der Waals surface area contributed by atoms with Gasteiger partial charge in [0, 0.05) is 24.2 Å². The molecule has 1 aliphatic rings. The molecule has 2 rings (SSSR count). The molecule has 1 N–H and O–H groups in total. The van der Waals surface area contributed by atoms with Crippen LogP contribution in [-0.4, -0.2) is 25.0 Å². The highest BCUT2D eigenvalue weighted by Crippen LogP contribution is 2.22. The van der Waals surface area contributed by atoms with Crippen LogP contribution < -0.4 is 10.2 Å². The Bertz CT molecular complexity index is 502. The number of carbonyl (C=O) groups excluding carboxylic acids is 1. The van der Waals surface area contributed by atoms with Gasteiger partial charge in [-0.05, 0) is 24.3 Å². The smallest absolute Gasteiger partial charge is 0.225 e. The third-order valence-electron chi connectivity index (χ3n) is 3.26. The average Bonchev–Trinajstić information content (AvgIpc) is 2.32. The van der Waals surface area contributed by atoms with E-state index in [1.165, 1.54) is 0 Å². The minimum absolute atomic E-state index is 0.0944. The van der Waals surface area contributed by atoms with E-state index in [4.69, 9.17) is 5.26 Å². The third-order valence-corrected chi connectivity index (χ3v) is 3.26. The number of amides is 1. The van der Waals surface area contributed by atoms with Gasteiger partial charge in [-0.25, -0.2) is 0 Å². The van der Waals surface area contributed by atoms with E-state index in [0.717, 1.165) is 18.8 Å². The first kappa shape index (κ1) is 13.4. The highest BCUT2D eigenvalue weighted by atomic mass is 16.2. The second kappa shape index (κ2) is 4.93. The highest BCUT2D eigenvalue weighted by molar-refractivity contribution is 5.82. The Labute approximate surface area is 114 Å². The standard InChI is InChI=1S/C15H19N3O/c1-15(2,3)14(19)17-12-9-18(10-12)13-6-4-11(8-16)5-7-13/h4-7,12H,9-10H2,1-3H3,(H,17,19). The molecule has 1 aliphatic heterocycles. The minimum atomic E-state index is -0.338. The molecule has 0 aliphatic carbocycles. The van der Waals surface area contributed by atoms with Gasteiger partial charge >= 0.3 is 0 Å². The van der Waals surface area contributed by atoms with Crippen molar-refractivity contribution < 1.29 is 4.79 Å². The summed E-state index contributed by atoms with van der Waals surface area (Å²) in [6.07, 6.45) is 0. The van der Waals surface area contributed by atoms with E-state index >= 15 is 0 Å². The van der Waals surface area contributed by atoms with Crippen molar-refractivity contribution >= 4 is 11.6 Å². The Hall–Kier alpha value is -2.02. The molecule has 0 atom stereocenters. The first-order valence-corrected chi connectivity index (χ1v) is 6.46. The fourth-order valence-electron chi connectivity index (χ4n) is 1.93. The summed E-state index contributed by atoms with van der Waals surface area (Å²) in [4.78, 5) is 14.0. The molecule has 0 radical (unpaired) electrons. The SMILES string of the molecule is CC(C)(C)C(=O)NC1CN(c2ccc(C#N)cc2)C1. The second-order valence-corrected chi connectivity index (χ2v) is 5.98. The Morgan fingerprint density at radius 2 is 1.89 bits per heavy atom. The predicted octanol–water partition coefficient (Wildman–Crippen LogP) is 1.91. The number of rotatable bonds is 2. The van der Waals surface area contributed by atoms with Gasteiger partial charge < -0.3 is 10.2 Å². The normalized spacial score (nSPS) is 15.6. The van der Waals surface area contributed by atoms with E-state index in [1.807, 2.05) is 45.0 Å². The van der Waals surface area contributed by atoms with Gasteiger partial charge in [0.2, 0.25) is 5.91 Å². The highest BCUT2D eigenvalue weighted by Gasteiger charge is 2.31. The molecule has 4 nitrogen and oxygen atoms in total. The topological polar surface area (TPSA) is 56.1 Å². The average molecular weight is 257 g/mol. The summed E-state index contributed by atoms with van der Waals surface area (Å²) in [6.45, 7) is 7.40. The summed E-state index contributed by atoms with van der Waals surface area (Å²) < 4.78 is 0. The number of nitrogens with zero attached hydrogens (tertiary/aromatic N) is 2. The number of benzene rings is 1. The summed E-state index contributed by atoms with van der Waals surface area (Å²) in [5.41, 5.74) is 1.43. The maximum Gasteiger partial charge on any atom is 0.225 e. The molecular formula is C15H19N3O. The van der Waals surface area contributed by atoms with E-state index in [-0.39, 0.29) is 17.4 Å². The van der Waals surface area contributed by atoms with Crippen molar-refractivity contribution in [3.8, 4) is 6.07 Å². The lowest BCUT2D eigenvalue weighted by molar-refractivity contribution is -0.129. The molecule has 19 heavy (non-hydrogen) atoms. The van der Waals surface area contributed by atoms with Crippen LogP contribution in [0.3, 0.4) is 0 Å². The zero-order valence-corrected chi connectivity index (χ0v) is 11.6. The summed E-state index contributed by atoms with van der Waals surface area (Å²) in [5.74, 6) is 0.0944. The Morgan fingerprint density at radius 1 is 1.32 bits per heavy atom. The zero-order valence-electron chi connectivity index (χ0n) is 11.6. The fraction of sp³-hybridized carbons (Fsp3) is 0.467. The van der Waals surface area contributed by atoms with Gasteiger partial charge in [-0.15, -0.1) is 0 Å². The molecule has 1 amide bonds. The van der Waals surface area contributed by atoms with E-state index in [9.17, 15) is 4.79 Å². The quantitative estimate of drug-likeness (QED) is 0.880. The van der Waals surface area contributed by atoms with Crippen molar-refractivity contribution in [1.29, 1.82) is 5.26 Å². The van der Waals surface area contributed by atoms with E-state index in [1.54, 1.807) is 0 Å². The molecular weight excluding hydrogens is 238 g/mol. The molecule has 0 bridgehead atoms. The van der Waals surface area contributed by atoms with Gasteiger partial charge in [0.15, 0.2) is 0 Å². The van der Waals surface area contributed by atoms with Crippen molar-refractivity contribution in [3.63, 3.8) is 0 Å². The predicted molar refractivity (Wildman–Crippen MR) is 74.8 cm³/mol. The maximum atomic E-state index is 11.8.